The fourth-order valence-electron chi connectivity index (χ4n) is 1.20. The van der Waals surface area contributed by atoms with Gasteiger partial charge in [0.05, 0.1) is 17.2 Å². The van der Waals surface area contributed by atoms with Gasteiger partial charge >= 0.3 is 0 Å². The molecule has 0 aliphatic heterocycles. The van der Waals surface area contributed by atoms with Crippen molar-refractivity contribution in [2.24, 2.45) is 0 Å². The zero-order valence-corrected chi connectivity index (χ0v) is 10.5. The molecule has 0 saturated carbocycles. The van der Waals surface area contributed by atoms with Crippen molar-refractivity contribution in [3.05, 3.63) is 38.0 Å². The molecule has 4 heteroatoms. The van der Waals surface area contributed by atoms with Gasteiger partial charge in [0.2, 0.25) is 0 Å². The van der Waals surface area contributed by atoms with Gasteiger partial charge < -0.3 is 0 Å². The highest BCUT2D eigenvalue weighted by atomic mass is 35.5. The van der Waals surface area contributed by atoms with Crippen LogP contribution in [0.5, 0.6) is 0 Å². The predicted octanol–water partition coefficient (Wildman–Crippen LogP) is 4.72. The summed E-state index contributed by atoms with van der Waals surface area (Å²) < 4.78 is 0. The van der Waals surface area contributed by atoms with E-state index in [4.69, 9.17) is 23.4 Å². The first-order chi connectivity index (χ1) is 7.72. The molecule has 0 spiro atoms. The van der Waals surface area contributed by atoms with Crippen molar-refractivity contribution >= 4 is 29.0 Å². The molecule has 0 aliphatic rings. The van der Waals surface area contributed by atoms with E-state index in [-0.39, 0.29) is 0 Å². The van der Waals surface area contributed by atoms with E-state index >= 15 is 0 Å². The Hall–Kier alpha value is -1.29. The van der Waals surface area contributed by atoms with Crippen LogP contribution in [0.15, 0.2) is 11.1 Å². The van der Waals surface area contributed by atoms with Crippen LogP contribution in [0.25, 0.3) is 10.9 Å². The Labute approximate surface area is 105 Å². The predicted molar refractivity (Wildman–Crippen MR) is 68.1 cm³/mol. The van der Waals surface area contributed by atoms with Gasteiger partial charge in [0.15, 0.2) is 5.70 Å². The van der Waals surface area contributed by atoms with E-state index in [9.17, 15) is 0 Å². The molecule has 1 rings (SSSR count). The lowest BCUT2D eigenvalue weighted by molar-refractivity contribution is 0.800. The zero-order chi connectivity index (χ0) is 12.0. The highest BCUT2D eigenvalue weighted by molar-refractivity contribution is 7.11. The van der Waals surface area contributed by atoms with E-state index in [1.165, 1.54) is 11.3 Å². The summed E-state index contributed by atoms with van der Waals surface area (Å²) in [7, 11) is 0. The maximum atomic E-state index is 8.76. The van der Waals surface area contributed by atoms with Crippen LogP contribution in [-0.2, 0) is 0 Å². The van der Waals surface area contributed by atoms with Crippen molar-refractivity contribution in [2.45, 2.75) is 26.2 Å². The molecule has 0 aliphatic carbocycles. The lowest BCUT2D eigenvalue weighted by Crippen LogP contribution is -1.77. The third-order valence-corrected chi connectivity index (χ3v) is 3.55. The number of nitrogens with zero attached hydrogens (tertiary/aromatic N) is 2. The molecular weight excluding hydrogens is 240 g/mol. The molecule has 0 saturated heterocycles. The molecule has 0 fully saturated rings. The van der Waals surface area contributed by atoms with E-state index in [1.807, 2.05) is 6.07 Å². The minimum Gasteiger partial charge on any atom is -0.243 e. The number of halogens is 1. The Kier molecular flexibility index (Phi) is 5.05. The molecule has 1 heterocycles. The Morgan fingerprint density at radius 2 is 2.50 bits per heavy atom. The molecule has 1 aromatic heterocycles. The molecule has 0 amide bonds. The summed E-state index contributed by atoms with van der Waals surface area (Å²) >= 11 is 7.40. The van der Waals surface area contributed by atoms with Gasteiger partial charge in [-0.1, -0.05) is 31.4 Å². The second-order valence-corrected chi connectivity index (χ2v) is 4.58. The maximum absolute atomic E-state index is 8.76. The molecule has 16 heavy (non-hydrogen) atoms. The van der Waals surface area contributed by atoms with Crippen LogP contribution < -0.4 is 0 Å². The Bertz CT molecular complexity index is 474. The summed E-state index contributed by atoms with van der Waals surface area (Å²) in [4.78, 5) is 4.28. The first-order valence-electron chi connectivity index (χ1n) is 4.98. The number of nitriles is 1. The standard InChI is InChI=1S/C12H11ClN2S/c1-3-4-5-10(15-2)6-11-12(13)9(7-14)8-16-11/h6,8H,3-5H2,1H3/b10-6-. The van der Waals surface area contributed by atoms with Gasteiger partial charge in [-0.05, 0) is 12.5 Å². The second kappa shape index (κ2) is 6.33. The monoisotopic (exact) mass is 250 g/mol. The molecule has 0 bridgehead atoms. The van der Waals surface area contributed by atoms with Gasteiger partial charge in [0.25, 0.3) is 0 Å². The zero-order valence-electron chi connectivity index (χ0n) is 8.96. The highest BCUT2D eigenvalue weighted by Gasteiger charge is 2.08. The Balaban J connectivity index is 2.93. The highest BCUT2D eigenvalue weighted by Crippen LogP contribution is 2.30. The van der Waals surface area contributed by atoms with Crippen LogP contribution in [-0.4, -0.2) is 0 Å². The van der Waals surface area contributed by atoms with Crippen molar-refractivity contribution in [2.75, 3.05) is 0 Å². The molecule has 0 radical (unpaired) electrons. The van der Waals surface area contributed by atoms with Crippen molar-refractivity contribution in [3.8, 4) is 6.07 Å². The van der Waals surface area contributed by atoms with E-state index in [0.29, 0.717) is 16.3 Å². The van der Waals surface area contributed by atoms with Crippen LogP contribution in [0.3, 0.4) is 0 Å². The normalized spacial score (nSPS) is 10.9. The van der Waals surface area contributed by atoms with E-state index in [0.717, 1.165) is 24.1 Å². The Morgan fingerprint density at radius 1 is 1.75 bits per heavy atom. The minimum absolute atomic E-state index is 0.463. The molecule has 2 nitrogen and oxygen atoms in total. The van der Waals surface area contributed by atoms with Crippen molar-refractivity contribution in [3.63, 3.8) is 0 Å². The van der Waals surface area contributed by atoms with Gasteiger partial charge in [0, 0.05) is 10.3 Å². The van der Waals surface area contributed by atoms with Gasteiger partial charge in [-0.2, -0.15) is 5.26 Å². The molecule has 82 valence electrons. The molecule has 1 aromatic rings. The molecular formula is C12H11ClN2S. The minimum atomic E-state index is 0.463. The topological polar surface area (TPSA) is 28.1 Å². The third kappa shape index (κ3) is 3.10. The number of thiophene rings is 1. The first-order valence-corrected chi connectivity index (χ1v) is 6.23. The first kappa shape index (κ1) is 12.8. The van der Waals surface area contributed by atoms with Gasteiger partial charge in [-0.25, -0.2) is 4.85 Å². The molecule has 0 aromatic carbocycles. The average molecular weight is 251 g/mol. The van der Waals surface area contributed by atoms with Crippen LogP contribution in [0.4, 0.5) is 0 Å². The third-order valence-electron chi connectivity index (χ3n) is 2.10. The van der Waals surface area contributed by atoms with Gasteiger partial charge in [-0.15, -0.1) is 11.3 Å². The summed E-state index contributed by atoms with van der Waals surface area (Å²) in [6.45, 7) is 9.15. The number of hydrogen-bond acceptors (Lipinski definition) is 2. The number of unbranched alkanes of at least 4 members (excludes halogenated alkanes) is 1. The largest absolute Gasteiger partial charge is 0.243 e. The van der Waals surface area contributed by atoms with Crippen LogP contribution in [0, 0.1) is 17.9 Å². The average Bonchev–Trinajstić information content (AvgIpc) is 2.65. The van der Waals surface area contributed by atoms with E-state index in [2.05, 4.69) is 11.8 Å². The summed E-state index contributed by atoms with van der Waals surface area (Å²) in [6.07, 6.45) is 4.63. The molecule has 0 N–H and O–H groups in total. The van der Waals surface area contributed by atoms with E-state index in [1.54, 1.807) is 11.5 Å². The van der Waals surface area contributed by atoms with Crippen LogP contribution >= 0.6 is 22.9 Å². The Morgan fingerprint density at radius 3 is 3.00 bits per heavy atom. The number of hydrogen-bond donors (Lipinski definition) is 0. The van der Waals surface area contributed by atoms with Crippen molar-refractivity contribution in [1.29, 1.82) is 5.26 Å². The van der Waals surface area contributed by atoms with E-state index < -0.39 is 0 Å². The lowest BCUT2D eigenvalue weighted by atomic mass is 10.2. The van der Waals surface area contributed by atoms with Crippen molar-refractivity contribution in [1.82, 2.24) is 0 Å². The maximum Gasteiger partial charge on any atom is 0.167 e. The van der Waals surface area contributed by atoms with Crippen LogP contribution in [0.1, 0.15) is 36.6 Å². The summed E-state index contributed by atoms with van der Waals surface area (Å²) in [5.41, 5.74) is 1.19. The molecule has 0 atom stereocenters. The fourth-order valence-corrected chi connectivity index (χ4v) is 2.38. The number of rotatable bonds is 4. The SMILES string of the molecule is [C-]#[N+]/C(=C\c1scc(C#N)c1Cl)CCCC. The summed E-state index contributed by atoms with van der Waals surface area (Å²) in [5, 5.41) is 10.9. The van der Waals surface area contributed by atoms with Crippen LogP contribution in [0.2, 0.25) is 5.02 Å². The number of allylic oxidation sites excluding steroid dienone is 1. The fraction of sp³-hybridized carbons (Fsp3) is 0.333. The van der Waals surface area contributed by atoms with Crippen molar-refractivity contribution < 1.29 is 0 Å². The smallest absolute Gasteiger partial charge is 0.167 e. The molecule has 0 unspecified atom stereocenters. The second-order valence-electron chi connectivity index (χ2n) is 3.29. The van der Waals surface area contributed by atoms with Gasteiger partial charge in [0.1, 0.15) is 6.07 Å². The van der Waals surface area contributed by atoms with Gasteiger partial charge in [-0.3, -0.25) is 0 Å². The lowest BCUT2D eigenvalue weighted by Gasteiger charge is -1.95. The summed E-state index contributed by atoms with van der Waals surface area (Å²) in [5.74, 6) is 0. The quantitative estimate of drug-likeness (QED) is 0.711. The summed E-state index contributed by atoms with van der Waals surface area (Å²) in [6, 6.07) is 2.02.